The minimum Gasteiger partial charge on any atom is -0.383 e. The van der Waals surface area contributed by atoms with Crippen molar-refractivity contribution in [1.82, 2.24) is 4.90 Å². The average Bonchev–Trinajstić information content (AvgIpc) is 2.59. The number of hydrogen-bond acceptors (Lipinski definition) is 4. The van der Waals surface area contributed by atoms with Crippen LogP contribution in [0.25, 0.3) is 0 Å². The number of rotatable bonds is 7. The van der Waals surface area contributed by atoms with Crippen LogP contribution in [0.3, 0.4) is 0 Å². The van der Waals surface area contributed by atoms with Gasteiger partial charge in [0, 0.05) is 23.2 Å². The van der Waals surface area contributed by atoms with Crippen LogP contribution in [0.15, 0.2) is 48.5 Å². The van der Waals surface area contributed by atoms with Gasteiger partial charge in [0.2, 0.25) is 0 Å². The van der Waals surface area contributed by atoms with E-state index in [1.807, 2.05) is 13.8 Å². The molecule has 0 aliphatic heterocycles. The van der Waals surface area contributed by atoms with Gasteiger partial charge >= 0.3 is 10.1 Å². The lowest BCUT2D eigenvalue weighted by Gasteiger charge is -2.29. The van der Waals surface area contributed by atoms with Gasteiger partial charge in [0.25, 0.3) is 5.91 Å². The maximum atomic E-state index is 12.9. The number of nitrogens with zero attached hydrogens (tertiary/aromatic N) is 1. The Morgan fingerprint density at radius 2 is 1.69 bits per heavy atom. The van der Waals surface area contributed by atoms with Crippen LogP contribution in [0.4, 0.5) is 0 Å². The Kier molecular flexibility index (Phi) is 6.67. The van der Waals surface area contributed by atoms with Crippen molar-refractivity contribution in [3.05, 3.63) is 64.7 Å². The SMILES string of the molecule is CC[C@H](C)N(Cc1ccc(OS(C)(=O)=O)cc1)C(=O)c1ccc(Cl)cc1. The normalized spacial score (nSPS) is 12.5. The zero-order chi connectivity index (χ0) is 19.3. The molecule has 2 aromatic rings. The largest absolute Gasteiger partial charge is 0.383 e. The number of amides is 1. The minimum absolute atomic E-state index is 0.0464. The van der Waals surface area contributed by atoms with Crippen LogP contribution in [0.2, 0.25) is 5.02 Å². The van der Waals surface area contributed by atoms with E-state index in [1.54, 1.807) is 53.4 Å². The molecule has 0 saturated heterocycles. The molecule has 0 spiro atoms. The van der Waals surface area contributed by atoms with E-state index in [0.717, 1.165) is 18.2 Å². The molecule has 0 heterocycles. The third kappa shape index (κ3) is 5.75. The second kappa shape index (κ2) is 8.56. The Balaban J connectivity index is 2.20. The van der Waals surface area contributed by atoms with Gasteiger partial charge in [-0.2, -0.15) is 8.42 Å². The number of carbonyl (C=O) groups is 1. The summed E-state index contributed by atoms with van der Waals surface area (Å²) in [4.78, 5) is 14.7. The van der Waals surface area contributed by atoms with Gasteiger partial charge < -0.3 is 9.08 Å². The number of benzene rings is 2. The molecule has 0 unspecified atom stereocenters. The Bertz CT molecular complexity index is 848. The van der Waals surface area contributed by atoms with Crippen LogP contribution in [0, 0.1) is 0 Å². The lowest BCUT2D eigenvalue weighted by molar-refractivity contribution is 0.0671. The van der Waals surface area contributed by atoms with Crippen LogP contribution in [0.1, 0.15) is 36.2 Å². The zero-order valence-corrected chi connectivity index (χ0v) is 16.5. The molecule has 0 bridgehead atoms. The first kappa shape index (κ1) is 20.3. The van der Waals surface area contributed by atoms with Crippen LogP contribution in [-0.4, -0.2) is 31.5 Å². The van der Waals surface area contributed by atoms with Crippen LogP contribution in [0.5, 0.6) is 5.75 Å². The summed E-state index contributed by atoms with van der Waals surface area (Å²) in [7, 11) is -3.56. The fraction of sp³-hybridized carbons (Fsp3) is 0.316. The summed E-state index contributed by atoms with van der Waals surface area (Å²) < 4.78 is 27.2. The van der Waals surface area contributed by atoms with Gasteiger partial charge in [-0.15, -0.1) is 0 Å². The van der Waals surface area contributed by atoms with E-state index in [-0.39, 0.29) is 17.7 Å². The molecule has 0 aromatic heterocycles. The van der Waals surface area contributed by atoms with Crippen molar-refractivity contribution in [2.45, 2.75) is 32.9 Å². The maximum absolute atomic E-state index is 12.9. The molecule has 1 amide bonds. The maximum Gasteiger partial charge on any atom is 0.306 e. The van der Waals surface area contributed by atoms with E-state index in [2.05, 4.69) is 0 Å². The van der Waals surface area contributed by atoms with Crippen molar-refractivity contribution < 1.29 is 17.4 Å². The highest BCUT2D eigenvalue weighted by atomic mass is 35.5. The molecule has 2 aromatic carbocycles. The van der Waals surface area contributed by atoms with Crippen LogP contribution >= 0.6 is 11.6 Å². The van der Waals surface area contributed by atoms with Crippen molar-refractivity contribution in [3.8, 4) is 5.75 Å². The lowest BCUT2D eigenvalue weighted by atomic mass is 10.1. The summed E-state index contributed by atoms with van der Waals surface area (Å²) in [6.07, 6.45) is 1.81. The summed E-state index contributed by atoms with van der Waals surface area (Å²) in [5.74, 6) is 0.169. The molecule has 2 rings (SSSR count). The highest BCUT2D eigenvalue weighted by Crippen LogP contribution is 2.19. The molecule has 140 valence electrons. The molecule has 1 atom stereocenters. The summed E-state index contributed by atoms with van der Waals surface area (Å²) >= 11 is 5.90. The van der Waals surface area contributed by atoms with Gasteiger partial charge in [-0.25, -0.2) is 0 Å². The molecule has 0 aliphatic carbocycles. The van der Waals surface area contributed by atoms with Crippen molar-refractivity contribution in [1.29, 1.82) is 0 Å². The van der Waals surface area contributed by atoms with E-state index >= 15 is 0 Å². The molecule has 0 N–H and O–H groups in total. The van der Waals surface area contributed by atoms with Crippen LogP contribution < -0.4 is 4.18 Å². The van der Waals surface area contributed by atoms with Gasteiger partial charge in [-0.1, -0.05) is 30.7 Å². The van der Waals surface area contributed by atoms with E-state index in [4.69, 9.17) is 15.8 Å². The molecule has 0 saturated carbocycles. The second-order valence-electron chi connectivity index (χ2n) is 6.13. The first-order valence-electron chi connectivity index (χ1n) is 8.24. The monoisotopic (exact) mass is 395 g/mol. The lowest BCUT2D eigenvalue weighted by Crippen LogP contribution is -2.37. The quantitative estimate of drug-likeness (QED) is 0.661. The van der Waals surface area contributed by atoms with Gasteiger partial charge in [-0.05, 0) is 55.3 Å². The standard InChI is InChI=1S/C19H22ClNO4S/c1-4-14(2)21(19(22)16-7-9-17(20)10-8-16)13-15-5-11-18(12-6-15)25-26(3,23)24/h5-12,14H,4,13H2,1-3H3/t14-/m0/s1. The smallest absolute Gasteiger partial charge is 0.306 e. The van der Waals surface area contributed by atoms with Crippen molar-refractivity contribution >= 4 is 27.6 Å². The second-order valence-corrected chi connectivity index (χ2v) is 8.14. The Hall–Kier alpha value is -2.05. The van der Waals surface area contributed by atoms with E-state index in [9.17, 15) is 13.2 Å². The topological polar surface area (TPSA) is 63.7 Å². The third-order valence-electron chi connectivity index (χ3n) is 4.00. The fourth-order valence-corrected chi connectivity index (χ4v) is 3.02. The predicted molar refractivity (Wildman–Crippen MR) is 103 cm³/mol. The summed E-state index contributed by atoms with van der Waals surface area (Å²) in [6.45, 7) is 4.43. The Labute approximate surface area is 159 Å². The van der Waals surface area contributed by atoms with Crippen molar-refractivity contribution in [2.75, 3.05) is 6.26 Å². The zero-order valence-electron chi connectivity index (χ0n) is 15.0. The molecule has 7 heteroatoms. The van der Waals surface area contributed by atoms with Crippen molar-refractivity contribution in [3.63, 3.8) is 0 Å². The third-order valence-corrected chi connectivity index (χ3v) is 4.75. The van der Waals surface area contributed by atoms with Gasteiger partial charge in [0.05, 0.1) is 6.26 Å². The summed E-state index contributed by atoms with van der Waals surface area (Å²) in [5, 5.41) is 0.582. The Morgan fingerprint density at radius 1 is 1.12 bits per heavy atom. The highest BCUT2D eigenvalue weighted by Gasteiger charge is 2.21. The number of hydrogen-bond donors (Lipinski definition) is 0. The van der Waals surface area contributed by atoms with Crippen LogP contribution in [-0.2, 0) is 16.7 Å². The highest BCUT2D eigenvalue weighted by molar-refractivity contribution is 7.86. The predicted octanol–water partition coefficient (Wildman–Crippen LogP) is 4.12. The first-order chi connectivity index (χ1) is 12.2. The first-order valence-corrected chi connectivity index (χ1v) is 10.4. The molecular formula is C19H22ClNO4S. The molecular weight excluding hydrogens is 374 g/mol. The molecule has 26 heavy (non-hydrogen) atoms. The average molecular weight is 396 g/mol. The van der Waals surface area contributed by atoms with E-state index in [1.165, 1.54) is 0 Å². The Morgan fingerprint density at radius 3 is 2.19 bits per heavy atom. The number of halogens is 1. The fourth-order valence-electron chi connectivity index (χ4n) is 2.43. The minimum atomic E-state index is -3.56. The van der Waals surface area contributed by atoms with Gasteiger partial charge in [-0.3, -0.25) is 4.79 Å². The molecule has 0 radical (unpaired) electrons. The summed E-state index contributed by atoms with van der Waals surface area (Å²) in [5.41, 5.74) is 1.46. The molecule has 0 fully saturated rings. The van der Waals surface area contributed by atoms with E-state index in [0.29, 0.717) is 17.1 Å². The number of carbonyl (C=O) groups excluding carboxylic acids is 1. The molecule has 5 nitrogen and oxygen atoms in total. The van der Waals surface area contributed by atoms with E-state index < -0.39 is 10.1 Å². The van der Waals surface area contributed by atoms with Gasteiger partial charge in [0.15, 0.2) is 0 Å². The van der Waals surface area contributed by atoms with Crippen molar-refractivity contribution in [2.24, 2.45) is 0 Å². The summed E-state index contributed by atoms with van der Waals surface area (Å²) in [6, 6.07) is 13.5. The van der Waals surface area contributed by atoms with Gasteiger partial charge in [0.1, 0.15) is 5.75 Å². The molecule has 0 aliphatic rings.